The molecule has 3 aromatic heterocycles. The summed E-state index contributed by atoms with van der Waals surface area (Å²) in [7, 11) is 1.52. The van der Waals surface area contributed by atoms with Crippen molar-refractivity contribution in [1.82, 2.24) is 19.4 Å². The summed E-state index contributed by atoms with van der Waals surface area (Å²) >= 11 is 0. The second-order valence-corrected chi connectivity index (χ2v) is 5.50. The summed E-state index contributed by atoms with van der Waals surface area (Å²) in [6.07, 6.45) is 7.04. The van der Waals surface area contributed by atoms with Gasteiger partial charge in [-0.15, -0.1) is 0 Å². The van der Waals surface area contributed by atoms with E-state index in [0.29, 0.717) is 17.2 Å². The van der Waals surface area contributed by atoms with Crippen LogP contribution in [0.25, 0.3) is 28.2 Å². The Morgan fingerprint density at radius 1 is 1.00 bits per heavy atom. The summed E-state index contributed by atoms with van der Waals surface area (Å²) in [6.45, 7) is 0. The summed E-state index contributed by atoms with van der Waals surface area (Å²) in [5.41, 5.74) is 9.70. The van der Waals surface area contributed by atoms with Crippen LogP contribution in [0.4, 0.5) is 5.82 Å². The maximum absolute atomic E-state index is 9.79. The number of imidazole rings is 1. The molecule has 4 rings (SSSR count). The van der Waals surface area contributed by atoms with Gasteiger partial charge in [-0.25, -0.2) is 9.97 Å². The molecule has 0 bridgehead atoms. The Morgan fingerprint density at radius 3 is 2.60 bits per heavy atom. The Bertz CT molecular complexity index is 1060. The van der Waals surface area contributed by atoms with Gasteiger partial charge in [0.15, 0.2) is 17.1 Å². The topological polar surface area (TPSA) is 98.6 Å². The third-order valence-electron chi connectivity index (χ3n) is 3.95. The lowest BCUT2D eigenvalue weighted by molar-refractivity contribution is 0.373. The maximum Gasteiger partial charge on any atom is 0.161 e. The van der Waals surface area contributed by atoms with Crippen LogP contribution < -0.4 is 10.5 Å². The zero-order chi connectivity index (χ0) is 17.4. The van der Waals surface area contributed by atoms with Crippen molar-refractivity contribution in [3.63, 3.8) is 0 Å². The maximum atomic E-state index is 9.79. The molecule has 0 unspecified atom stereocenters. The molecule has 4 aromatic rings. The van der Waals surface area contributed by atoms with Crippen molar-refractivity contribution in [2.45, 2.75) is 0 Å². The standard InChI is InChI=1S/C18H15N5O2/c1-25-16-6-11(2-4-15(16)24)14-8-22-18-9-20-13(10-23(14)18)12-3-5-17(19)21-7-12/h2-10,24H,1H3,(H2,19,21). The highest BCUT2D eigenvalue weighted by atomic mass is 16.5. The minimum absolute atomic E-state index is 0.0929. The number of fused-ring (bicyclic) bond motifs is 1. The number of pyridine rings is 1. The first-order valence-corrected chi connectivity index (χ1v) is 7.58. The van der Waals surface area contributed by atoms with Crippen LogP contribution in [-0.4, -0.2) is 31.6 Å². The van der Waals surface area contributed by atoms with E-state index in [9.17, 15) is 5.11 Å². The number of anilines is 1. The Labute approximate surface area is 143 Å². The van der Waals surface area contributed by atoms with Gasteiger partial charge in [0.05, 0.1) is 30.9 Å². The Kier molecular flexibility index (Phi) is 3.46. The van der Waals surface area contributed by atoms with E-state index >= 15 is 0 Å². The highest BCUT2D eigenvalue weighted by molar-refractivity contribution is 5.68. The molecule has 0 aliphatic rings. The van der Waals surface area contributed by atoms with Gasteiger partial charge in [-0.1, -0.05) is 0 Å². The lowest BCUT2D eigenvalue weighted by atomic mass is 10.1. The predicted molar refractivity (Wildman–Crippen MR) is 94.3 cm³/mol. The van der Waals surface area contributed by atoms with Gasteiger partial charge in [0.2, 0.25) is 0 Å². The van der Waals surface area contributed by atoms with Crippen molar-refractivity contribution >= 4 is 11.5 Å². The average Bonchev–Trinajstić information content (AvgIpc) is 3.06. The highest BCUT2D eigenvalue weighted by Crippen LogP contribution is 2.32. The molecule has 0 spiro atoms. The lowest BCUT2D eigenvalue weighted by Gasteiger charge is -2.08. The van der Waals surface area contributed by atoms with Crippen LogP contribution in [0.2, 0.25) is 0 Å². The van der Waals surface area contributed by atoms with Crippen LogP contribution in [0.3, 0.4) is 0 Å². The van der Waals surface area contributed by atoms with E-state index < -0.39 is 0 Å². The molecule has 0 atom stereocenters. The Hall–Kier alpha value is -3.61. The number of nitrogen functional groups attached to an aromatic ring is 1. The van der Waals surface area contributed by atoms with Crippen LogP contribution >= 0.6 is 0 Å². The number of aromatic nitrogens is 4. The molecule has 0 amide bonds. The highest BCUT2D eigenvalue weighted by Gasteiger charge is 2.11. The van der Waals surface area contributed by atoms with E-state index in [-0.39, 0.29) is 5.75 Å². The number of phenolic OH excluding ortho intramolecular Hbond substituents is 1. The second-order valence-electron chi connectivity index (χ2n) is 5.50. The number of rotatable bonds is 3. The van der Waals surface area contributed by atoms with Crippen molar-refractivity contribution in [2.24, 2.45) is 0 Å². The zero-order valence-corrected chi connectivity index (χ0v) is 13.4. The second kappa shape index (κ2) is 5.79. The smallest absolute Gasteiger partial charge is 0.161 e. The number of hydrogen-bond acceptors (Lipinski definition) is 6. The molecule has 7 nitrogen and oxygen atoms in total. The number of phenols is 1. The van der Waals surface area contributed by atoms with Crippen molar-refractivity contribution in [1.29, 1.82) is 0 Å². The van der Waals surface area contributed by atoms with Gasteiger partial charge >= 0.3 is 0 Å². The summed E-state index contributed by atoms with van der Waals surface area (Å²) in [4.78, 5) is 12.9. The van der Waals surface area contributed by atoms with Gasteiger partial charge < -0.3 is 15.6 Å². The molecule has 25 heavy (non-hydrogen) atoms. The summed E-state index contributed by atoms with van der Waals surface area (Å²) in [6, 6.07) is 8.78. The zero-order valence-electron chi connectivity index (χ0n) is 13.4. The van der Waals surface area contributed by atoms with E-state index in [2.05, 4.69) is 15.0 Å². The molecule has 0 radical (unpaired) electrons. The molecule has 0 fully saturated rings. The number of methoxy groups -OCH3 is 1. The van der Waals surface area contributed by atoms with E-state index in [1.807, 2.05) is 22.7 Å². The van der Waals surface area contributed by atoms with E-state index in [4.69, 9.17) is 10.5 Å². The van der Waals surface area contributed by atoms with Crippen LogP contribution in [0, 0.1) is 0 Å². The first kappa shape index (κ1) is 14.9. The minimum Gasteiger partial charge on any atom is -0.504 e. The molecule has 124 valence electrons. The number of nitrogens with zero attached hydrogens (tertiary/aromatic N) is 4. The molecule has 1 aromatic carbocycles. The van der Waals surface area contributed by atoms with Crippen molar-refractivity contribution in [2.75, 3.05) is 12.8 Å². The Morgan fingerprint density at radius 2 is 1.84 bits per heavy atom. The minimum atomic E-state index is 0.0929. The van der Waals surface area contributed by atoms with Crippen molar-refractivity contribution in [3.8, 4) is 34.0 Å². The van der Waals surface area contributed by atoms with Crippen LogP contribution in [0.1, 0.15) is 0 Å². The number of nitrogens with two attached hydrogens (primary N) is 1. The molecule has 0 saturated carbocycles. The van der Waals surface area contributed by atoms with E-state index in [0.717, 1.165) is 22.5 Å². The summed E-state index contributed by atoms with van der Waals surface area (Å²) in [5.74, 6) is 0.962. The third kappa shape index (κ3) is 2.61. The first-order chi connectivity index (χ1) is 12.2. The quantitative estimate of drug-likeness (QED) is 0.598. The van der Waals surface area contributed by atoms with Gasteiger partial charge in [0, 0.05) is 23.5 Å². The number of ether oxygens (including phenoxy) is 1. The van der Waals surface area contributed by atoms with Crippen LogP contribution in [-0.2, 0) is 0 Å². The monoisotopic (exact) mass is 333 g/mol. The fourth-order valence-corrected chi connectivity index (χ4v) is 2.65. The molecular formula is C18H15N5O2. The van der Waals surface area contributed by atoms with Gasteiger partial charge in [-0.2, -0.15) is 0 Å². The fraction of sp³-hybridized carbons (Fsp3) is 0.0556. The number of benzene rings is 1. The van der Waals surface area contributed by atoms with Crippen LogP contribution in [0.5, 0.6) is 11.5 Å². The molecule has 0 aliphatic heterocycles. The van der Waals surface area contributed by atoms with Crippen molar-refractivity contribution < 1.29 is 9.84 Å². The van der Waals surface area contributed by atoms with Crippen molar-refractivity contribution in [3.05, 3.63) is 55.1 Å². The largest absolute Gasteiger partial charge is 0.504 e. The van der Waals surface area contributed by atoms with Gasteiger partial charge in [0.1, 0.15) is 5.82 Å². The normalized spacial score (nSPS) is 10.9. The molecule has 7 heteroatoms. The average molecular weight is 333 g/mol. The predicted octanol–water partition coefficient (Wildman–Crippen LogP) is 2.75. The van der Waals surface area contributed by atoms with Gasteiger partial charge in [-0.3, -0.25) is 9.38 Å². The SMILES string of the molecule is COc1cc(-c2cnc3cnc(-c4ccc(N)nc4)cn23)ccc1O. The van der Waals surface area contributed by atoms with E-state index in [1.165, 1.54) is 7.11 Å². The summed E-state index contributed by atoms with van der Waals surface area (Å²) in [5, 5.41) is 9.79. The molecule has 0 aliphatic carbocycles. The van der Waals surface area contributed by atoms with Gasteiger partial charge in [-0.05, 0) is 30.3 Å². The Balaban J connectivity index is 1.85. The summed E-state index contributed by atoms with van der Waals surface area (Å²) < 4.78 is 7.12. The molecular weight excluding hydrogens is 318 g/mol. The lowest BCUT2D eigenvalue weighted by Crippen LogP contribution is -1.95. The fourth-order valence-electron chi connectivity index (χ4n) is 2.65. The molecule has 3 heterocycles. The third-order valence-corrected chi connectivity index (χ3v) is 3.95. The van der Waals surface area contributed by atoms with Gasteiger partial charge in [0.25, 0.3) is 0 Å². The molecule has 0 saturated heterocycles. The van der Waals surface area contributed by atoms with Crippen LogP contribution in [0.15, 0.2) is 55.1 Å². The number of hydrogen-bond donors (Lipinski definition) is 2. The number of aromatic hydroxyl groups is 1. The van der Waals surface area contributed by atoms with E-state index in [1.54, 1.807) is 36.8 Å². The molecule has 3 N–H and O–H groups in total. The first-order valence-electron chi connectivity index (χ1n) is 7.58.